The molecule has 1 amide bonds. The van der Waals surface area contributed by atoms with Crippen LogP contribution < -0.4 is 0 Å². The first-order valence-electron chi connectivity index (χ1n) is 7.07. The van der Waals surface area contributed by atoms with Gasteiger partial charge in [-0.3, -0.25) is 9.59 Å². The zero-order chi connectivity index (χ0) is 13.8. The molecule has 3 nitrogen and oxygen atoms in total. The molecule has 0 aromatic heterocycles. The highest BCUT2D eigenvalue weighted by molar-refractivity contribution is 5.97. The first-order valence-corrected chi connectivity index (χ1v) is 7.07. The second kappa shape index (κ2) is 6.00. The van der Waals surface area contributed by atoms with Crippen LogP contribution in [-0.2, 0) is 11.2 Å². The van der Waals surface area contributed by atoms with Gasteiger partial charge >= 0.3 is 0 Å². The van der Waals surface area contributed by atoms with Crippen LogP contribution in [0, 0.1) is 5.92 Å². The zero-order valence-corrected chi connectivity index (χ0v) is 11.7. The summed E-state index contributed by atoms with van der Waals surface area (Å²) in [6.45, 7) is 5.20. The van der Waals surface area contributed by atoms with E-state index in [1.165, 1.54) is 0 Å². The number of amides is 1. The highest BCUT2D eigenvalue weighted by atomic mass is 16.2. The lowest BCUT2D eigenvalue weighted by Gasteiger charge is -2.31. The van der Waals surface area contributed by atoms with Crippen molar-refractivity contribution >= 4 is 11.7 Å². The van der Waals surface area contributed by atoms with Crippen LogP contribution in [0.5, 0.6) is 0 Å². The van der Waals surface area contributed by atoms with Gasteiger partial charge in [-0.2, -0.15) is 0 Å². The predicted molar refractivity (Wildman–Crippen MR) is 75.1 cm³/mol. The molecule has 19 heavy (non-hydrogen) atoms. The number of piperidine rings is 1. The Morgan fingerprint density at radius 2 is 2.05 bits per heavy atom. The molecule has 0 aliphatic carbocycles. The van der Waals surface area contributed by atoms with Gasteiger partial charge in [0.1, 0.15) is 5.78 Å². The van der Waals surface area contributed by atoms with Crippen molar-refractivity contribution in [3.05, 3.63) is 35.4 Å². The highest BCUT2D eigenvalue weighted by Gasteiger charge is 2.29. The van der Waals surface area contributed by atoms with Crippen LogP contribution >= 0.6 is 0 Å². The molecule has 0 N–H and O–H groups in total. The number of carbonyl (C=O) groups excluding carboxylic acids is 2. The molecule has 0 bridgehead atoms. The minimum absolute atomic E-state index is 0.0199. The fraction of sp³-hybridized carbons (Fsp3) is 0.500. The van der Waals surface area contributed by atoms with Crippen molar-refractivity contribution < 1.29 is 9.59 Å². The van der Waals surface area contributed by atoms with Crippen LogP contribution in [0.1, 0.15) is 42.6 Å². The molecule has 3 heteroatoms. The minimum Gasteiger partial charge on any atom is -0.337 e. The Morgan fingerprint density at radius 3 is 2.74 bits per heavy atom. The number of benzene rings is 1. The van der Waals surface area contributed by atoms with Gasteiger partial charge in [0.25, 0.3) is 5.91 Å². The lowest BCUT2D eigenvalue weighted by molar-refractivity contribution is -0.125. The van der Waals surface area contributed by atoms with Gasteiger partial charge in [0.05, 0.1) is 0 Å². The van der Waals surface area contributed by atoms with Gasteiger partial charge in [-0.25, -0.2) is 0 Å². The van der Waals surface area contributed by atoms with Crippen molar-refractivity contribution in [2.24, 2.45) is 5.92 Å². The van der Waals surface area contributed by atoms with E-state index in [1.807, 2.05) is 36.1 Å². The normalized spacial score (nSPS) is 19.6. The van der Waals surface area contributed by atoms with Crippen LogP contribution in [-0.4, -0.2) is 29.7 Å². The minimum atomic E-state index is 0.0199. The Bertz CT molecular complexity index is 481. The first-order chi connectivity index (χ1) is 9.17. The van der Waals surface area contributed by atoms with Crippen LogP contribution in [0.15, 0.2) is 24.3 Å². The van der Waals surface area contributed by atoms with Crippen LogP contribution in [0.4, 0.5) is 0 Å². The van der Waals surface area contributed by atoms with E-state index in [4.69, 9.17) is 0 Å². The fourth-order valence-corrected chi connectivity index (χ4v) is 2.66. The lowest BCUT2D eigenvalue weighted by Crippen LogP contribution is -2.44. The quantitative estimate of drug-likeness (QED) is 0.837. The van der Waals surface area contributed by atoms with Crippen molar-refractivity contribution in [3.63, 3.8) is 0 Å². The van der Waals surface area contributed by atoms with Gasteiger partial charge < -0.3 is 4.90 Å². The van der Waals surface area contributed by atoms with Crippen molar-refractivity contribution in [1.82, 2.24) is 4.90 Å². The summed E-state index contributed by atoms with van der Waals surface area (Å²) in [6, 6.07) is 7.75. The maximum Gasteiger partial charge on any atom is 0.254 e. The van der Waals surface area contributed by atoms with E-state index in [9.17, 15) is 9.59 Å². The first kappa shape index (κ1) is 13.8. The van der Waals surface area contributed by atoms with Gasteiger partial charge in [0, 0.05) is 31.0 Å². The largest absolute Gasteiger partial charge is 0.337 e. The molecule has 1 aromatic rings. The molecule has 1 aromatic carbocycles. The summed E-state index contributed by atoms with van der Waals surface area (Å²) in [7, 11) is 0. The Balaban J connectivity index is 2.18. The summed E-state index contributed by atoms with van der Waals surface area (Å²) in [5.74, 6) is 0.394. The Morgan fingerprint density at radius 1 is 1.32 bits per heavy atom. The van der Waals surface area contributed by atoms with Crippen LogP contribution in [0.3, 0.4) is 0 Å². The summed E-state index contributed by atoms with van der Waals surface area (Å²) in [4.78, 5) is 26.1. The Labute approximate surface area is 114 Å². The third-order valence-electron chi connectivity index (χ3n) is 3.93. The molecule has 0 saturated carbocycles. The van der Waals surface area contributed by atoms with Gasteiger partial charge in [-0.05, 0) is 24.5 Å². The molecule has 0 spiro atoms. The van der Waals surface area contributed by atoms with E-state index in [0.717, 1.165) is 24.0 Å². The average molecular weight is 259 g/mol. The van der Waals surface area contributed by atoms with Crippen molar-refractivity contribution in [2.75, 3.05) is 13.1 Å². The second-order valence-electron chi connectivity index (χ2n) is 5.08. The molecule has 0 radical (unpaired) electrons. The van der Waals surface area contributed by atoms with Gasteiger partial charge in [0.2, 0.25) is 0 Å². The standard InChI is InChI=1S/C16H21NO2/c1-3-12-7-5-6-8-14(12)16(19)17-10-9-15(18)13(4-2)11-17/h5-8,13H,3-4,9-11H2,1-2H3. The maximum absolute atomic E-state index is 12.6. The summed E-state index contributed by atoms with van der Waals surface area (Å²) in [5, 5.41) is 0. The van der Waals surface area contributed by atoms with E-state index >= 15 is 0 Å². The van der Waals surface area contributed by atoms with Gasteiger partial charge in [-0.15, -0.1) is 0 Å². The molecular formula is C16H21NO2. The molecule has 1 heterocycles. The summed E-state index contributed by atoms with van der Waals surface area (Å²) >= 11 is 0. The molecule has 1 aliphatic rings. The van der Waals surface area contributed by atoms with Crippen LogP contribution in [0.25, 0.3) is 0 Å². The number of aryl methyl sites for hydroxylation is 1. The molecular weight excluding hydrogens is 238 g/mol. The van der Waals surface area contributed by atoms with Crippen molar-refractivity contribution in [2.45, 2.75) is 33.1 Å². The van der Waals surface area contributed by atoms with Gasteiger partial charge in [-0.1, -0.05) is 32.0 Å². The van der Waals surface area contributed by atoms with E-state index in [2.05, 4.69) is 6.92 Å². The number of hydrogen-bond donors (Lipinski definition) is 0. The lowest BCUT2D eigenvalue weighted by atomic mass is 9.93. The van der Waals surface area contributed by atoms with Crippen molar-refractivity contribution in [1.29, 1.82) is 0 Å². The molecule has 1 unspecified atom stereocenters. The summed E-state index contributed by atoms with van der Waals surface area (Å²) < 4.78 is 0. The van der Waals surface area contributed by atoms with Crippen molar-refractivity contribution in [3.8, 4) is 0 Å². The molecule has 1 fully saturated rings. The van der Waals surface area contributed by atoms with E-state index in [0.29, 0.717) is 25.3 Å². The summed E-state index contributed by atoms with van der Waals surface area (Å²) in [5.41, 5.74) is 1.87. The number of hydrogen-bond acceptors (Lipinski definition) is 2. The maximum atomic E-state index is 12.6. The topological polar surface area (TPSA) is 37.4 Å². The molecule has 102 valence electrons. The third-order valence-corrected chi connectivity index (χ3v) is 3.93. The number of Topliss-reactive ketones (excluding diaryl/α,β-unsaturated/α-hetero) is 1. The highest BCUT2D eigenvalue weighted by Crippen LogP contribution is 2.20. The zero-order valence-electron chi connectivity index (χ0n) is 11.7. The fourth-order valence-electron chi connectivity index (χ4n) is 2.66. The number of rotatable bonds is 3. The van der Waals surface area contributed by atoms with Gasteiger partial charge in [0.15, 0.2) is 0 Å². The number of carbonyl (C=O) groups is 2. The Kier molecular flexibility index (Phi) is 4.35. The van der Waals surface area contributed by atoms with E-state index in [1.54, 1.807) is 0 Å². The molecule has 1 aliphatic heterocycles. The van der Waals surface area contributed by atoms with Crippen LogP contribution in [0.2, 0.25) is 0 Å². The number of ketones is 1. The SMILES string of the molecule is CCc1ccccc1C(=O)N1CCC(=O)C(CC)C1. The monoisotopic (exact) mass is 259 g/mol. The predicted octanol–water partition coefficient (Wildman–Crippen LogP) is 2.69. The second-order valence-corrected chi connectivity index (χ2v) is 5.08. The molecule has 2 rings (SSSR count). The number of likely N-dealkylation sites (tertiary alicyclic amines) is 1. The average Bonchev–Trinajstić information content (AvgIpc) is 2.47. The molecule has 1 saturated heterocycles. The summed E-state index contributed by atoms with van der Waals surface area (Å²) in [6.07, 6.45) is 2.17. The third kappa shape index (κ3) is 2.86. The van der Waals surface area contributed by atoms with E-state index < -0.39 is 0 Å². The number of nitrogens with zero attached hydrogens (tertiary/aromatic N) is 1. The molecule has 1 atom stereocenters. The smallest absolute Gasteiger partial charge is 0.254 e. The van der Waals surface area contributed by atoms with E-state index in [-0.39, 0.29) is 11.8 Å². The Hall–Kier alpha value is -1.64.